The van der Waals surface area contributed by atoms with Gasteiger partial charge in [-0.1, -0.05) is 19.1 Å². The molecule has 0 aliphatic rings. The smallest absolute Gasteiger partial charge is 0.250 e. The molecule has 0 aliphatic heterocycles. The van der Waals surface area contributed by atoms with Crippen LogP contribution in [0.25, 0.3) is 0 Å². The second kappa shape index (κ2) is 9.47. The van der Waals surface area contributed by atoms with Crippen molar-refractivity contribution in [1.82, 2.24) is 5.32 Å². The van der Waals surface area contributed by atoms with Crippen molar-refractivity contribution in [2.75, 3.05) is 38.8 Å². The molecule has 0 aromatic heterocycles. The molecule has 0 fully saturated rings. The van der Waals surface area contributed by atoms with Gasteiger partial charge in [-0.2, -0.15) is 0 Å². The first-order valence-corrected chi connectivity index (χ1v) is 6.87. The molecule has 1 atom stereocenters. The van der Waals surface area contributed by atoms with Crippen LogP contribution in [0.3, 0.4) is 0 Å². The van der Waals surface area contributed by atoms with Gasteiger partial charge in [0.1, 0.15) is 6.61 Å². The maximum absolute atomic E-state index is 11.6. The van der Waals surface area contributed by atoms with Crippen LogP contribution in [0.4, 0.5) is 5.69 Å². The minimum absolute atomic E-state index is 0.0406. The lowest BCUT2D eigenvalue weighted by atomic mass is 10.1. The third-order valence-corrected chi connectivity index (χ3v) is 2.87. The number of hydrogen-bond donors (Lipinski definition) is 2. The predicted octanol–water partition coefficient (Wildman–Crippen LogP) is 1.96. The third-order valence-electron chi connectivity index (χ3n) is 2.87. The molecular formula is C15H24N2O3. The number of carbonyl (C=O) groups is 1. The molecule has 1 amide bonds. The Kier molecular flexibility index (Phi) is 7.87. The van der Waals surface area contributed by atoms with Gasteiger partial charge in [0.05, 0.1) is 13.2 Å². The van der Waals surface area contributed by atoms with E-state index in [9.17, 15) is 4.79 Å². The quantitative estimate of drug-likeness (QED) is 0.679. The summed E-state index contributed by atoms with van der Waals surface area (Å²) >= 11 is 0. The van der Waals surface area contributed by atoms with Gasteiger partial charge < -0.3 is 20.1 Å². The van der Waals surface area contributed by atoms with Gasteiger partial charge in [0.2, 0.25) is 5.91 Å². The van der Waals surface area contributed by atoms with Gasteiger partial charge in [-0.25, -0.2) is 0 Å². The van der Waals surface area contributed by atoms with Crippen LogP contribution < -0.4 is 10.6 Å². The summed E-state index contributed by atoms with van der Waals surface area (Å²) in [7, 11) is 1.60. The van der Waals surface area contributed by atoms with E-state index in [1.807, 2.05) is 24.3 Å². The molecule has 5 nitrogen and oxygen atoms in total. The van der Waals surface area contributed by atoms with E-state index in [2.05, 4.69) is 24.5 Å². The number of carbonyl (C=O) groups excluding carboxylic acids is 1. The molecule has 1 unspecified atom stereocenters. The van der Waals surface area contributed by atoms with Gasteiger partial charge in [-0.3, -0.25) is 4.79 Å². The molecule has 112 valence electrons. The molecule has 0 aliphatic carbocycles. The van der Waals surface area contributed by atoms with Gasteiger partial charge in [0.15, 0.2) is 0 Å². The SMILES string of the molecule is CCNC(C)c1ccc(NC(=O)COCCOC)cc1. The topological polar surface area (TPSA) is 59.6 Å². The van der Waals surface area contributed by atoms with E-state index in [1.54, 1.807) is 7.11 Å². The Labute approximate surface area is 120 Å². The monoisotopic (exact) mass is 280 g/mol. The summed E-state index contributed by atoms with van der Waals surface area (Å²) in [6.07, 6.45) is 0. The molecule has 0 saturated heterocycles. The van der Waals surface area contributed by atoms with Crippen molar-refractivity contribution >= 4 is 11.6 Å². The largest absolute Gasteiger partial charge is 0.382 e. The van der Waals surface area contributed by atoms with Gasteiger partial charge in [-0.05, 0) is 31.2 Å². The van der Waals surface area contributed by atoms with E-state index in [0.29, 0.717) is 19.3 Å². The molecule has 0 radical (unpaired) electrons. The molecular weight excluding hydrogens is 256 g/mol. The van der Waals surface area contributed by atoms with E-state index in [0.717, 1.165) is 12.2 Å². The highest BCUT2D eigenvalue weighted by Crippen LogP contribution is 2.15. The van der Waals surface area contributed by atoms with Crippen LogP contribution in [0.15, 0.2) is 24.3 Å². The normalized spacial score (nSPS) is 12.2. The number of amides is 1. The van der Waals surface area contributed by atoms with Crippen LogP contribution >= 0.6 is 0 Å². The Morgan fingerprint density at radius 2 is 1.95 bits per heavy atom. The molecule has 1 aromatic rings. The minimum Gasteiger partial charge on any atom is -0.382 e. The number of benzene rings is 1. The maximum Gasteiger partial charge on any atom is 0.250 e. The van der Waals surface area contributed by atoms with Gasteiger partial charge in [0, 0.05) is 18.8 Å². The fraction of sp³-hybridized carbons (Fsp3) is 0.533. The Morgan fingerprint density at radius 3 is 2.55 bits per heavy atom. The molecule has 5 heteroatoms. The first kappa shape index (κ1) is 16.6. The zero-order chi connectivity index (χ0) is 14.8. The van der Waals surface area contributed by atoms with Gasteiger partial charge in [-0.15, -0.1) is 0 Å². The summed E-state index contributed by atoms with van der Waals surface area (Å²) in [4.78, 5) is 11.6. The van der Waals surface area contributed by atoms with E-state index in [1.165, 1.54) is 5.56 Å². The lowest BCUT2D eigenvalue weighted by Gasteiger charge is -2.13. The second-order valence-electron chi connectivity index (χ2n) is 4.49. The van der Waals surface area contributed by atoms with Crippen LogP contribution in [0.2, 0.25) is 0 Å². The number of rotatable bonds is 9. The first-order chi connectivity index (χ1) is 9.67. The Balaban J connectivity index is 2.39. The highest BCUT2D eigenvalue weighted by Gasteiger charge is 2.05. The van der Waals surface area contributed by atoms with Gasteiger partial charge >= 0.3 is 0 Å². The fourth-order valence-corrected chi connectivity index (χ4v) is 1.78. The molecule has 0 saturated carbocycles. The van der Waals surface area contributed by atoms with E-state index in [-0.39, 0.29) is 12.5 Å². The predicted molar refractivity (Wildman–Crippen MR) is 79.9 cm³/mol. The van der Waals surface area contributed by atoms with Crippen molar-refractivity contribution < 1.29 is 14.3 Å². The summed E-state index contributed by atoms with van der Waals surface area (Å²) in [6.45, 7) is 6.07. The zero-order valence-corrected chi connectivity index (χ0v) is 12.4. The zero-order valence-electron chi connectivity index (χ0n) is 12.4. The van der Waals surface area contributed by atoms with E-state index < -0.39 is 0 Å². The number of methoxy groups -OCH3 is 1. The maximum atomic E-state index is 11.6. The lowest BCUT2D eigenvalue weighted by Crippen LogP contribution is -2.20. The number of hydrogen-bond acceptors (Lipinski definition) is 4. The number of nitrogens with one attached hydrogen (secondary N) is 2. The molecule has 0 heterocycles. The van der Waals surface area contributed by atoms with E-state index >= 15 is 0 Å². The fourth-order valence-electron chi connectivity index (χ4n) is 1.78. The van der Waals surface area contributed by atoms with Crippen LogP contribution in [-0.4, -0.2) is 39.4 Å². The standard InChI is InChI=1S/C15H24N2O3/c1-4-16-12(2)13-5-7-14(8-6-13)17-15(18)11-20-10-9-19-3/h5-8,12,16H,4,9-11H2,1-3H3,(H,17,18). The third kappa shape index (κ3) is 6.14. The van der Waals surface area contributed by atoms with E-state index in [4.69, 9.17) is 9.47 Å². The molecule has 1 aromatic carbocycles. The van der Waals surface area contributed by atoms with Crippen LogP contribution in [0, 0.1) is 0 Å². The summed E-state index contributed by atoms with van der Waals surface area (Å²) in [5.74, 6) is -0.159. The van der Waals surface area contributed by atoms with Gasteiger partial charge in [0.25, 0.3) is 0 Å². The molecule has 2 N–H and O–H groups in total. The van der Waals surface area contributed by atoms with Crippen molar-refractivity contribution in [2.45, 2.75) is 19.9 Å². The second-order valence-corrected chi connectivity index (χ2v) is 4.49. The van der Waals surface area contributed by atoms with Crippen molar-refractivity contribution in [3.05, 3.63) is 29.8 Å². The van der Waals surface area contributed by atoms with Crippen LogP contribution in [0.1, 0.15) is 25.5 Å². The lowest BCUT2D eigenvalue weighted by molar-refractivity contribution is -0.121. The average molecular weight is 280 g/mol. The minimum atomic E-state index is -0.159. The summed E-state index contributed by atoms with van der Waals surface area (Å²) in [5, 5.41) is 6.13. The Morgan fingerprint density at radius 1 is 1.25 bits per heavy atom. The highest BCUT2D eigenvalue weighted by molar-refractivity contribution is 5.91. The van der Waals surface area contributed by atoms with Crippen molar-refractivity contribution in [3.8, 4) is 0 Å². The summed E-state index contributed by atoms with van der Waals surface area (Å²) in [6, 6.07) is 8.12. The number of ether oxygens (including phenoxy) is 2. The first-order valence-electron chi connectivity index (χ1n) is 6.87. The summed E-state index contributed by atoms with van der Waals surface area (Å²) < 4.78 is 9.99. The molecule has 1 rings (SSSR count). The highest BCUT2D eigenvalue weighted by atomic mass is 16.5. The van der Waals surface area contributed by atoms with Crippen LogP contribution in [-0.2, 0) is 14.3 Å². The van der Waals surface area contributed by atoms with Crippen molar-refractivity contribution in [3.63, 3.8) is 0 Å². The number of anilines is 1. The van der Waals surface area contributed by atoms with Crippen molar-refractivity contribution in [1.29, 1.82) is 0 Å². The molecule has 0 bridgehead atoms. The van der Waals surface area contributed by atoms with Crippen molar-refractivity contribution in [2.24, 2.45) is 0 Å². The molecule has 20 heavy (non-hydrogen) atoms. The Bertz CT molecular complexity index is 393. The average Bonchev–Trinajstić information content (AvgIpc) is 2.45. The molecule has 0 spiro atoms. The summed E-state index contributed by atoms with van der Waals surface area (Å²) in [5.41, 5.74) is 1.97. The Hall–Kier alpha value is -1.43. The van der Waals surface area contributed by atoms with Crippen LogP contribution in [0.5, 0.6) is 0 Å².